The van der Waals surface area contributed by atoms with Crippen LogP contribution in [0.25, 0.3) is 0 Å². The molecule has 0 bridgehead atoms. The molecule has 0 aliphatic heterocycles. The highest BCUT2D eigenvalue weighted by atomic mass is 16.4. The third-order valence-electron chi connectivity index (χ3n) is 8.73. The van der Waals surface area contributed by atoms with E-state index < -0.39 is 29.3 Å². The minimum absolute atomic E-state index is 0.221. The van der Waals surface area contributed by atoms with Crippen LogP contribution in [0.5, 0.6) is 0 Å². The number of unbranched alkanes of at least 4 members (excludes halogenated alkanes) is 10. The van der Waals surface area contributed by atoms with Crippen LogP contribution in [0.3, 0.4) is 0 Å². The Bertz CT molecular complexity index is 685. The monoisotopic (exact) mass is 614 g/mol. The van der Waals surface area contributed by atoms with Crippen molar-refractivity contribution in [2.75, 3.05) is 0 Å². The van der Waals surface area contributed by atoms with Crippen LogP contribution >= 0.6 is 0 Å². The highest BCUT2D eigenvalue weighted by molar-refractivity contribution is 5.74. The Morgan fingerprint density at radius 2 is 0.814 bits per heavy atom. The molecule has 0 fully saturated rings. The maximum absolute atomic E-state index is 12.6. The predicted molar refractivity (Wildman–Crippen MR) is 173 cm³/mol. The molecule has 2 unspecified atom stereocenters. The molecule has 0 radical (unpaired) electrons. The molecule has 0 aromatic rings. The van der Waals surface area contributed by atoms with Crippen molar-refractivity contribution in [2.45, 2.75) is 182 Å². The molecule has 0 heterocycles. The molecular weight excluding hydrogens is 548 g/mol. The summed E-state index contributed by atoms with van der Waals surface area (Å²) in [5.74, 6) is -1.83. The molecule has 0 aliphatic carbocycles. The molecule has 8 nitrogen and oxygen atoms in total. The second-order valence-electron chi connectivity index (χ2n) is 12.5. The van der Waals surface area contributed by atoms with E-state index in [-0.39, 0.29) is 19.3 Å². The molecule has 0 aliphatic rings. The third-order valence-corrected chi connectivity index (χ3v) is 8.73. The molecule has 0 aromatic heterocycles. The first kappa shape index (κ1) is 43.0. The van der Waals surface area contributed by atoms with Crippen LogP contribution in [0.15, 0.2) is 0 Å². The fraction of sp³-hybridized carbons (Fsp3) is 0.886. The summed E-state index contributed by atoms with van der Waals surface area (Å²) in [6.45, 7) is 8.84. The zero-order valence-electron chi connectivity index (χ0n) is 28.0. The molecule has 43 heavy (non-hydrogen) atoms. The van der Waals surface area contributed by atoms with Crippen molar-refractivity contribution in [3.8, 4) is 0 Å². The minimum Gasteiger partial charge on any atom is -0.481 e. The topological polar surface area (TPSA) is 149 Å². The average molecular weight is 615 g/mol. The smallest absolute Gasteiger partial charge is 0.309 e. The van der Waals surface area contributed by atoms with Gasteiger partial charge in [0.15, 0.2) is 0 Å². The first-order chi connectivity index (χ1) is 20.5. The van der Waals surface area contributed by atoms with Crippen molar-refractivity contribution < 1.29 is 39.6 Å². The summed E-state index contributed by atoms with van der Waals surface area (Å²) in [4.78, 5) is 43.5. The number of rotatable bonds is 29. The Labute approximate surface area is 262 Å². The van der Waals surface area contributed by atoms with Crippen molar-refractivity contribution in [3.63, 3.8) is 0 Å². The number of carboxylic acid groups (broad SMARTS) is 4. The Hall–Kier alpha value is -2.12. The van der Waals surface area contributed by atoms with E-state index in [4.69, 9.17) is 15.3 Å². The number of hydrogen-bond donors (Lipinski definition) is 4. The van der Waals surface area contributed by atoms with E-state index in [9.17, 15) is 24.3 Å². The molecule has 8 heteroatoms. The maximum atomic E-state index is 12.6. The summed E-state index contributed by atoms with van der Waals surface area (Å²) in [7, 11) is 0. The summed E-state index contributed by atoms with van der Waals surface area (Å²) in [5, 5.41) is 35.8. The summed E-state index contributed by atoms with van der Waals surface area (Å²) in [6, 6.07) is 0. The van der Waals surface area contributed by atoms with Gasteiger partial charge >= 0.3 is 23.9 Å². The first-order valence-electron chi connectivity index (χ1n) is 17.4. The summed E-state index contributed by atoms with van der Waals surface area (Å²) >= 11 is 0. The van der Waals surface area contributed by atoms with Gasteiger partial charge in [-0.3, -0.25) is 19.2 Å². The lowest BCUT2D eigenvalue weighted by atomic mass is 9.67. The average Bonchev–Trinajstić information content (AvgIpc) is 2.95. The fourth-order valence-corrected chi connectivity index (χ4v) is 5.91. The molecule has 4 N–H and O–H groups in total. The van der Waals surface area contributed by atoms with Crippen LogP contribution in [-0.4, -0.2) is 44.3 Å². The third kappa shape index (κ3) is 26.0. The van der Waals surface area contributed by atoms with E-state index in [2.05, 4.69) is 27.7 Å². The van der Waals surface area contributed by atoms with E-state index in [0.717, 1.165) is 96.3 Å². The van der Waals surface area contributed by atoms with Crippen LogP contribution in [0, 0.1) is 17.3 Å². The zero-order valence-corrected chi connectivity index (χ0v) is 28.0. The fourth-order valence-electron chi connectivity index (χ4n) is 5.91. The lowest BCUT2D eigenvalue weighted by Crippen LogP contribution is -2.36. The highest BCUT2D eigenvalue weighted by Gasteiger charge is 2.41. The van der Waals surface area contributed by atoms with E-state index in [1.807, 2.05) is 0 Å². The van der Waals surface area contributed by atoms with Crippen molar-refractivity contribution >= 4 is 23.9 Å². The molecule has 0 aromatic carbocycles. The van der Waals surface area contributed by atoms with Crippen molar-refractivity contribution in [1.29, 1.82) is 0 Å². The van der Waals surface area contributed by atoms with Crippen LogP contribution in [0.4, 0.5) is 0 Å². The lowest BCUT2D eigenvalue weighted by Gasteiger charge is -2.36. The van der Waals surface area contributed by atoms with Crippen molar-refractivity contribution in [3.05, 3.63) is 0 Å². The van der Waals surface area contributed by atoms with Gasteiger partial charge < -0.3 is 20.4 Å². The molecule has 0 saturated carbocycles. The Morgan fingerprint density at radius 3 is 1.09 bits per heavy atom. The van der Waals surface area contributed by atoms with Crippen molar-refractivity contribution in [1.82, 2.24) is 0 Å². The number of carbonyl (C=O) groups is 4. The molecular formula is C35H66O8. The van der Waals surface area contributed by atoms with Crippen LogP contribution in [-0.2, 0) is 19.2 Å². The van der Waals surface area contributed by atoms with Gasteiger partial charge in [-0.2, -0.15) is 0 Å². The molecule has 254 valence electrons. The quantitative estimate of drug-likeness (QED) is 0.0608. The first-order valence-corrected chi connectivity index (χ1v) is 17.4. The van der Waals surface area contributed by atoms with Crippen LogP contribution < -0.4 is 0 Å². The van der Waals surface area contributed by atoms with Crippen LogP contribution in [0.1, 0.15) is 182 Å². The van der Waals surface area contributed by atoms with Gasteiger partial charge in [-0.05, 0) is 50.4 Å². The molecule has 0 rings (SSSR count). The predicted octanol–water partition coefficient (Wildman–Crippen LogP) is 9.97. The van der Waals surface area contributed by atoms with Gasteiger partial charge in [0, 0.05) is 19.3 Å². The lowest BCUT2D eigenvalue weighted by molar-refractivity contribution is -0.152. The number of hydrogen-bond acceptors (Lipinski definition) is 4. The van der Waals surface area contributed by atoms with Gasteiger partial charge in [-0.25, -0.2) is 0 Å². The molecule has 0 spiro atoms. The second-order valence-corrected chi connectivity index (χ2v) is 12.5. The normalized spacial score (nSPS) is 13.8. The Morgan fingerprint density at radius 1 is 0.488 bits per heavy atom. The van der Waals surface area contributed by atoms with Crippen molar-refractivity contribution in [2.24, 2.45) is 17.3 Å². The summed E-state index contributed by atoms with van der Waals surface area (Å²) < 4.78 is 0. The van der Waals surface area contributed by atoms with E-state index in [1.54, 1.807) is 0 Å². The second kappa shape index (κ2) is 28.6. The molecule has 0 saturated heterocycles. The van der Waals surface area contributed by atoms with Gasteiger partial charge in [0.2, 0.25) is 0 Å². The number of carboxylic acids is 4. The molecule has 2 atom stereocenters. The van der Waals surface area contributed by atoms with Gasteiger partial charge in [0.25, 0.3) is 0 Å². The van der Waals surface area contributed by atoms with Gasteiger partial charge in [0.1, 0.15) is 0 Å². The molecule has 0 amide bonds. The SMILES string of the molecule is CCCCC(CC)CC(CCCCCCCC(=O)O)(CC(CC)CCCC)C(=O)O.O=C(O)CCCCCCCC(=O)O. The Kier molecular flexibility index (Phi) is 28.6. The van der Waals surface area contributed by atoms with Crippen LogP contribution in [0.2, 0.25) is 0 Å². The van der Waals surface area contributed by atoms with E-state index in [0.29, 0.717) is 24.7 Å². The highest BCUT2D eigenvalue weighted by Crippen LogP contribution is 2.43. The minimum atomic E-state index is -0.759. The van der Waals surface area contributed by atoms with Gasteiger partial charge in [0.05, 0.1) is 5.41 Å². The summed E-state index contributed by atoms with van der Waals surface area (Å²) in [6.07, 6.45) is 20.9. The largest absolute Gasteiger partial charge is 0.481 e. The van der Waals surface area contributed by atoms with Gasteiger partial charge in [-0.15, -0.1) is 0 Å². The van der Waals surface area contributed by atoms with Gasteiger partial charge in [-0.1, -0.05) is 124 Å². The Balaban J connectivity index is 0. The zero-order chi connectivity index (χ0) is 32.9. The number of aliphatic carboxylic acids is 4. The van der Waals surface area contributed by atoms with E-state index >= 15 is 0 Å². The standard InChI is InChI=1S/C26H50O4.C9H16O4/c1-5-9-16-22(7-3)20-26(25(29)30,21-23(8-4)17-10-6-2)19-15-13-11-12-14-18-24(27)28;10-8(11)6-4-2-1-3-5-7-9(12)13/h22-23H,5-21H2,1-4H3,(H,27,28)(H,29,30);1-7H2,(H,10,11)(H,12,13). The summed E-state index contributed by atoms with van der Waals surface area (Å²) in [5.41, 5.74) is -0.593. The maximum Gasteiger partial charge on any atom is 0.309 e. The van der Waals surface area contributed by atoms with E-state index in [1.165, 1.54) is 25.7 Å².